The van der Waals surface area contributed by atoms with Crippen molar-refractivity contribution >= 4 is 23.3 Å². The number of carbonyl (C=O) groups is 2. The van der Waals surface area contributed by atoms with Crippen LogP contribution in [-0.4, -0.2) is 23.4 Å². The Morgan fingerprint density at radius 2 is 1.70 bits per heavy atom. The molecule has 7 heteroatoms. The zero-order valence-corrected chi connectivity index (χ0v) is 12.1. The molecule has 0 aliphatic carbocycles. The smallest absolute Gasteiger partial charge is 0.311 e. The number of para-hydroxylation sites is 2. The van der Waals surface area contributed by atoms with Crippen LogP contribution in [0, 0.1) is 10.1 Å². The molecule has 0 aliphatic rings. The van der Waals surface area contributed by atoms with Gasteiger partial charge in [-0.2, -0.15) is 0 Å². The number of benzene rings is 2. The number of nitrogens with zero attached hydrogens (tertiary/aromatic N) is 1. The molecule has 0 aromatic heterocycles. The second-order valence-electron chi connectivity index (χ2n) is 4.64. The summed E-state index contributed by atoms with van der Waals surface area (Å²) in [7, 11) is 0. The molecule has 0 atom stereocenters. The number of amides is 1. The summed E-state index contributed by atoms with van der Waals surface area (Å²) >= 11 is 0. The summed E-state index contributed by atoms with van der Waals surface area (Å²) in [5.74, 6) is -1.19. The van der Waals surface area contributed by atoms with E-state index in [4.69, 9.17) is 4.74 Å². The van der Waals surface area contributed by atoms with E-state index >= 15 is 0 Å². The van der Waals surface area contributed by atoms with Crippen molar-refractivity contribution < 1.29 is 19.2 Å². The fraction of sp³-hybridized carbons (Fsp3) is 0.125. The molecule has 1 N–H and O–H groups in total. The molecule has 2 rings (SSSR count). The number of nitrogens with one attached hydrogen (secondary N) is 1. The normalized spacial score (nSPS) is 9.91. The first-order valence-corrected chi connectivity index (χ1v) is 6.79. The Balaban J connectivity index is 1.86. The molecule has 0 saturated carbocycles. The van der Waals surface area contributed by atoms with Gasteiger partial charge in [-0.05, 0) is 12.1 Å². The number of anilines is 1. The van der Waals surface area contributed by atoms with Gasteiger partial charge in [0.25, 0.3) is 11.6 Å². The van der Waals surface area contributed by atoms with E-state index in [0.29, 0.717) is 5.69 Å². The molecule has 7 nitrogen and oxygen atoms in total. The molecular weight excluding hydrogens is 300 g/mol. The zero-order valence-electron chi connectivity index (χ0n) is 12.1. The van der Waals surface area contributed by atoms with Gasteiger partial charge < -0.3 is 10.1 Å². The van der Waals surface area contributed by atoms with Gasteiger partial charge in [-0.1, -0.05) is 36.4 Å². The lowest BCUT2D eigenvalue weighted by Gasteiger charge is -2.06. The number of nitro benzene ring substituents is 1. The first-order valence-electron chi connectivity index (χ1n) is 6.79. The number of rotatable bonds is 6. The summed E-state index contributed by atoms with van der Waals surface area (Å²) < 4.78 is 4.84. The van der Waals surface area contributed by atoms with Gasteiger partial charge in [0, 0.05) is 17.3 Å². The molecule has 0 heterocycles. The first-order chi connectivity index (χ1) is 11.1. The molecule has 118 valence electrons. The number of carbonyl (C=O) groups excluding carboxylic acids is 2. The van der Waals surface area contributed by atoms with E-state index in [1.165, 1.54) is 18.2 Å². The number of hydrogen-bond donors (Lipinski definition) is 1. The summed E-state index contributed by atoms with van der Waals surface area (Å²) in [4.78, 5) is 33.7. The summed E-state index contributed by atoms with van der Waals surface area (Å²) in [5.41, 5.74) is 0.677. The van der Waals surface area contributed by atoms with Gasteiger partial charge >= 0.3 is 5.97 Å². The van der Waals surface area contributed by atoms with Gasteiger partial charge in [-0.15, -0.1) is 0 Å². The minimum absolute atomic E-state index is 0.154. The molecule has 0 saturated heterocycles. The molecule has 2 aromatic rings. The van der Waals surface area contributed by atoms with E-state index < -0.39 is 23.4 Å². The van der Waals surface area contributed by atoms with E-state index in [0.717, 1.165) is 0 Å². The van der Waals surface area contributed by atoms with Crippen LogP contribution in [0.5, 0.6) is 0 Å². The molecule has 0 aliphatic heterocycles. The van der Waals surface area contributed by atoms with Crippen LogP contribution in [0.15, 0.2) is 54.6 Å². The van der Waals surface area contributed by atoms with E-state index in [2.05, 4.69) is 5.32 Å². The second-order valence-corrected chi connectivity index (χ2v) is 4.64. The Morgan fingerprint density at radius 3 is 2.39 bits per heavy atom. The molecule has 0 spiro atoms. The predicted molar refractivity (Wildman–Crippen MR) is 82.8 cm³/mol. The van der Waals surface area contributed by atoms with Crippen LogP contribution in [0.2, 0.25) is 0 Å². The Morgan fingerprint density at radius 1 is 1.04 bits per heavy atom. The highest BCUT2D eigenvalue weighted by atomic mass is 16.6. The average Bonchev–Trinajstić information content (AvgIpc) is 2.54. The fourth-order valence-corrected chi connectivity index (χ4v) is 1.91. The molecule has 0 unspecified atom stereocenters. The fourth-order valence-electron chi connectivity index (χ4n) is 1.91. The van der Waals surface area contributed by atoms with Crippen molar-refractivity contribution in [3.63, 3.8) is 0 Å². The van der Waals surface area contributed by atoms with Crippen molar-refractivity contribution in [2.24, 2.45) is 0 Å². The van der Waals surface area contributed by atoms with Gasteiger partial charge in [-0.3, -0.25) is 19.7 Å². The van der Waals surface area contributed by atoms with Crippen LogP contribution in [0.3, 0.4) is 0 Å². The zero-order chi connectivity index (χ0) is 16.7. The molecule has 23 heavy (non-hydrogen) atoms. The Labute approximate surface area is 132 Å². The summed E-state index contributed by atoms with van der Waals surface area (Å²) in [6.45, 7) is -0.450. The van der Waals surface area contributed by atoms with Crippen molar-refractivity contribution in [1.29, 1.82) is 0 Å². The highest BCUT2D eigenvalue weighted by Crippen LogP contribution is 2.18. The van der Waals surface area contributed by atoms with Crippen molar-refractivity contribution in [3.05, 3.63) is 70.3 Å². The number of hydrogen-bond acceptors (Lipinski definition) is 5. The van der Waals surface area contributed by atoms with Gasteiger partial charge in [0.05, 0.1) is 11.3 Å². The average molecular weight is 314 g/mol. The van der Waals surface area contributed by atoms with E-state index in [9.17, 15) is 19.7 Å². The van der Waals surface area contributed by atoms with Gasteiger partial charge in [0.2, 0.25) is 0 Å². The van der Waals surface area contributed by atoms with Crippen LogP contribution < -0.4 is 5.32 Å². The number of ether oxygens (including phenoxy) is 1. The monoisotopic (exact) mass is 314 g/mol. The quantitative estimate of drug-likeness (QED) is 0.501. The van der Waals surface area contributed by atoms with Crippen LogP contribution in [0.1, 0.15) is 5.56 Å². The maximum absolute atomic E-state index is 11.7. The predicted octanol–water partition coefficient (Wildman–Crippen LogP) is 2.32. The molecule has 0 radical (unpaired) electrons. The Bertz CT molecular complexity index is 715. The standard InChI is InChI=1S/C16H14N2O5/c19-15(17-13-7-2-1-3-8-13)11-23-16(20)10-12-6-4-5-9-14(12)18(21)22/h1-9H,10-11H2,(H,17,19). The van der Waals surface area contributed by atoms with Crippen LogP contribution in [0.4, 0.5) is 11.4 Å². The highest BCUT2D eigenvalue weighted by Gasteiger charge is 2.17. The summed E-state index contributed by atoms with van der Waals surface area (Å²) in [6.07, 6.45) is -0.268. The minimum atomic E-state index is -0.706. The van der Waals surface area contributed by atoms with Crippen molar-refractivity contribution in [3.8, 4) is 0 Å². The lowest BCUT2D eigenvalue weighted by molar-refractivity contribution is -0.385. The molecule has 2 aromatic carbocycles. The summed E-state index contributed by atoms with van der Waals surface area (Å²) in [6, 6.07) is 14.6. The van der Waals surface area contributed by atoms with E-state index in [1.54, 1.807) is 30.3 Å². The van der Waals surface area contributed by atoms with Crippen molar-refractivity contribution in [2.45, 2.75) is 6.42 Å². The molecule has 0 bridgehead atoms. The number of nitro groups is 1. The Hall–Kier alpha value is -3.22. The van der Waals surface area contributed by atoms with Crippen molar-refractivity contribution in [1.82, 2.24) is 0 Å². The molecule has 1 amide bonds. The topological polar surface area (TPSA) is 98.5 Å². The molecular formula is C16H14N2O5. The van der Waals surface area contributed by atoms with E-state index in [1.807, 2.05) is 6.07 Å². The maximum atomic E-state index is 11.7. The van der Waals surface area contributed by atoms with Crippen LogP contribution in [0.25, 0.3) is 0 Å². The van der Waals surface area contributed by atoms with Gasteiger partial charge in [0.15, 0.2) is 6.61 Å². The SMILES string of the molecule is O=C(COC(=O)Cc1ccccc1[N+](=O)[O-])Nc1ccccc1. The third-order valence-corrected chi connectivity index (χ3v) is 2.94. The third kappa shape index (κ3) is 4.92. The maximum Gasteiger partial charge on any atom is 0.311 e. The first kappa shape index (κ1) is 16.2. The largest absolute Gasteiger partial charge is 0.455 e. The van der Waals surface area contributed by atoms with Gasteiger partial charge in [0.1, 0.15) is 0 Å². The lowest BCUT2D eigenvalue weighted by atomic mass is 10.1. The highest BCUT2D eigenvalue weighted by molar-refractivity contribution is 5.92. The van der Waals surface area contributed by atoms with Crippen molar-refractivity contribution in [2.75, 3.05) is 11.9 Å². The summed E-state index contributed by atoms with van der Waals surface area (Å²) in [5, 5.41) is 13.4. The van der Waals surface area contributed by atoms with Crippen LogP contribution >= 0.6 is 0 Å². The Kier molecular flexibility index (Phi) is 5.40. The lowest BCUT2D eigenvalue weighted by Crippen LogP contribution is -2.21. The third-order valence-electron chi connectivity index (χ3n) is 2.94. The van der Waals surface area contributed by atoms with Crippen LogP contribution in [-0.2, 0) is 20.7 Å². The second kappa shape index (κ2) is 7.69. The number of esters is 1. The van der Waals surface area contributed by atoms with Gasteiger partial charge in [-0.25, -0.2) is 0 Å². The molecule has 0 fully saturated rings. The van der Waals surface area contributed by atoms with E-state index in [-0.39, 0.29) is 17.7 Å². The minimum Gasteiger partial charge on any atom is -0.455 e.